The Morgan fingerprint density at radius 1 is 1.00 bits per heavy atom. The van der Waals surface area contributed by atoms with E-state index >= 15 is 0 Å². The maximum absolute atomic E-state index is 13.5. The molecule has 0 saturated heterocycles. The summed E-state index contributed by atoms with van der Waals surface area (Å²) in [7, 11) is 0. The standard InChI is InChI=1S/C14H9BrF5N/c15-11-6-8(16)2-3-9(11)13(21)7-1-4-10(12(17)5-7)14(18,19)20/h1-6,13H,21H2. The summed E-state index contributed by atoms with van der Waals surface area (Å²) in [5.74, 6) is -1.88. The van der Waals surface area contributed by atoms with Gasteiger partial charge in [0.2, 0.25) is 0 Å². The maximum atomic E-state index is 13.5. The predicted molar refractivity (Wildman–Crippen MR) is 71.5 cm³/mol. The van der Waals surface area contributed by atoms with Gasteiger partial charge in [0, 0.05) is 4.47 Å². The Balaban J connectivity index is 2.40. The second-order valence-corrected chi connectivity index (χ2v) is 5.23. The summed E-state index contributed by atoms with van der Waals surface area (Å²) in [4.78, 5) is 0. The van der Waals surface area contributed by atoms with Crippen LogP contribution in [0.25, 0.3) is 0 Å². The highest BCUT2D eigenvalue weighted by atomic mass is 79.9. The van der Waals surface area contributed by atoms with Crippen molar-refractivity contribution in [1.29, 1.82) is 0 Å². The van der Waals surface area contributed by atoms with Crippen LogP contribution < -0.4 is 5.73 Å². The quantitative estimate of drug-likeness (QED) is 0.760. The average molecular weight is 366 g/mol. The molecule has 2 aromatic carbocycles. The molecule has 0 aliphatic heterocycles. The molecule has 2 rings (SSSR count). The van der Waals surface area contributed by atoms with Crippen molar-refractivity contribution < 1.29 is 22.0 Å². The fourth-order valence-electron chi connectivity index (χ4n) is 1.89. The molecule has 0 saturated carbocycles. The van der Waals surface area contributed by atoms with E-state index in [1.807, 2.05) is 0 Å². The van der Waals surface area contributed by atoms with Crippen molar-refractivity contribution in [2.75, 3.05) is 0 Å². The monoisotopic (exact) mass is 365 g/mol. The lowest BCUT2D eigenvalue weighted by molar-refractivity contribution is -0.140. The molecule has 21 heavy (non-hydrogen) atoms. The van der Waals surface area contributed by atoms with Crippen LogP contribution in [0.5, 0.6) is 0 Å². The molecule has 0 bridgehead atoms. The van der Waals surface area contributed by atoms with Crippen molar-refractivity contribution in [1.82, 2.24) is 0 Å². The molecule has 7 heteroatoms. The summed E-state index contributed by atoms with van der Waals surface area (Å²) in [6.07, 6.45) is -4.76. The molecule has 2 N–H and O–H groups in total. The molecule has 1 atom stereocenters. The Labute approximate surface area is 125 Å². The first kappa shape index (κ1) is 15.9. The lowest BCUT2D eigenvalue weighted by Gasteiger charge is -2.16. The Morgan fingerprint density at radius 3 is 2.19 bits per heavy atom. The topological polar surface area (TPSA) is 26.0 Å². The van der Waals surface area contributed by atoms with Crippen LogP contribution in [0.2, 0.25) is 0 Å². The van der Waals surface area contributed by atoms with E-state index in [1.165, 1.54) is 18.2 Å². The zero-order valence-electron chi connectivity index (χ0n) is 10.4. The van der Waals surface area contributed by atoms with Gasteiger partial charge in [0.05, 0.1) is 11.6 Å². The van der Waals surface area contributed by atoms with E-state index in [1.54, 1.807) is 0 Å². The van der Waals surface area contributed by atoms with Gasteiger partial charge in [-0.05, 0) is 35.4 Å². The summed E-state index contributed by atoms with van der Waals surface area (Å²) < 4.78 is 64.4. The minimum atomic E-state index is -4.76. The van der Waals surface area contributed by atoms with Gasteiger partial charge in [-0.25, -0.2) is 8.78 Å². The molecule has 0 amide bonds. The fraction of sp³-hybridized carbons (Fsp3) is 0.143. The van der Waals surface area contributed by atoms with Gasteiger partial charge in [0.1, 0.15) is 11.6 Å². The Kier molecular flexibility index (Phi) is 4.34. The molecule has 0 aromatic heterocycles. The minimum Gasteiger partial charge on any atom is -0.320 e. The van der Waals surface area contributed by atoms with Crippen LogP contribution >= 0.6 is 15.9 Å². The van der Waals surface area contributed by atoms with Crippen molar-refractivity contribution in [2.24, 2.45) is 5.73 Å². The summed E-state index contributed by atoms with van der Waals surface area (Å²) in [6.45, 7) is 0. The smallest absolute Gasteiger partial charge is 0.320 e. The molecule has 1 unspecified atom stereocenters. The van der Waals surface area contributed by atoms with Gasteiger partial charge < -0.3 is 5.73 Å². The third-order valence-corrected chi connectivity index (χ3v) is 3.64. The van der Waals surface area contributed by atoms with Crippen LogP contribution in [0.1, 0.15) is 22.7 Å². The van der Waals surface area contributed by atoms with Crippen LogP contribution in [0, 0.1) is 11.6 Å². The molecular formula is C14H9BrF5N. The third kappa shape index (κ3) is 3.41. The molecule has 0 aliphatic carbocycles. The fourth-order valence-corrected chi connectivity index (χ4v) is 2.49. The third-order valence-electron chi connectivity index (χ3n) is 2.96. The Morgan fingerprint density at radius 2 is 1.67 bits per heavy atom. The molecule has 0 spiro atoms. The SMILES string of the molecule is NC(c1ccc(C(F)(F)F)c(F)c1)c1ccc(F)cc1Br. The van der Waals surface area contributed by atoms with E-state index in [0.29, 0.717) is 16.1 Å². The molecule has 0 fully saturated rings. The van der Waals surface area contributed by atoms with Crippen molar-refractivity contribution in [3.8, 4) is 0 Å². The van der Waals surface area contributed by atoms with E-state index in [-0.39, 0.29) is 5.56 Å². The van der Waals surface area contributed by atoms with Crippen molar-refractivity contribution >= 4 is 15.9 Å². The highest BCUT2D eigenvalue weighted by molar-refractivity contribution is 9.10. The summed E-state index contributed by atoms with van der Waals surface area (Å²) in [5, 5.41) is 0. The predicted octanol–water partition coefficient (Wildman–Crippen LogP) is 4.79. The van der Waals surface area contributed by atoms with Crippen LogP contribution in [0.15, 0.2) is 40.9 Å². The first-order chi connectivity index (χ1) is 9.70. The van der Waals surface area contributed by atoms with Gasteiger partial charge >= 0.3 is 6.18 Å². The van der Waals surface area contributed by atoms with E-state index < -0.39 is 29.4 Å². The highest BCUT2D eigenvalue weighted by Gasteiger charge is 2.34. The maximum Gasteiger partial charge on any atom is 0.419 e. The van der Waals surface area contributed by atoms with Gasteiger partial charge in [-0.1, -0.05) is 28.1 Å². The summed E-state index contributed by atoms with van der Waals surface area (Å²) >= 11 is 3.12. The average Bonchev–Trinajstić information content (AvgIpc) is 2.36. The number of hydrogen-bond acceptors (Lipinski definition) is 1. The number of halogens is 6. The highest BCUT2D eigenvalue weighted by Crippen LogP contribution is 2.34. The van der Waals surface area contributed by atoms with Crippen LogP contribution in [-0.2, 0) is 6.18 Å². The van der Waals surface area contributed by atoms with Crippen molar-refractivity contribution in [2.45, 2.75) is 12.2 Å². The molecular weight excluding hydrogens is 357 g/mol. The van der Waals surface area contributed by atoms with E-state index in [0.717, 1.165) is 12.1 Å². The molecule has 0 aliphatic rings. The second kappa shape index (κ2) is 5.73. The number of hydrogen-bond donors (Lipinski definition) is 1. The normalized spacial score (nSPS) is 13.3. The van der Waals surface area contributed by atoms with Gasteiger partial charge in [0.25, 0.3) is 0 Å². The van der Waals surface area contributed by atoms with Gasteiger partial charge in [-0.2, -0.15) is 13.2 Å². The Bertz CT molecular complexity index is 669. The molecule has 112 valence electrons. The molecule has 2 aromatic rings. The Hall–Kier alpha value is -1.47. The lowest BCUT2D eigenvalue weighted by Crippen LogP contribution is -2.15. The van der Waals surface area contributed by atoms with E-state index in [4.69, 9.17) is 5.73 Å². The van der Waals surface area contributed by atoms with Crippen LogP contribution in [-0.4, -0.2) is 0 Å². The number of nitrogens with two attached hydrogens (primary N) is 1. The lowest BCUT2D eigenvalue weighted by atomic mass is 9.98. The zero-order chi connectivity index (χ0) is 15.8. The largest absolute Gasteiger partial charge is 0.419 e. The van der Waals surface area contributed by atoms with Gasteiger partial charge in [0.15, 0.2) is 0 Å². The van der Waals surface area contributed by atoms with Gasteiger partial charge in [-0.3, -0.25) is 0 Å². The first-order valence-corrected chi connectivity index (χ1v) is 6.56. The van der Waals surface area contributed by atoms with E-state index in [2.05, 4.69) is 15.9 Å². The van der Waals surface area contributed by atoms with E-state index in [9.17, 15) is 22.0 Å². The van der Waals surface area contributed by atoms with Gasteiger partial charge in [-0.15, -0.1) is 0 Å². The number of alkyl halides is 3. The number of rotatable bonds is 2. The van der Waals surface area contributed by atoms with Crippen LogP contribution in [0.3, 0.4) is 0 Å². The minimum absolute atomic E-state index is 0.160. The summed E-state index contributed by atoms with van der Waals surface area (Å²) in [5.41, 5.74) is 5.14. The first-order valence-electron chi connectivity index (χ1n) is 5.77. The van der Waals surface area contributed by atoms with Crippen LogP contribution in [0.4, 0.5) is 22.0 Å². The van der Waals surface area contributed by atoms with Crippen molar-refractivity contribution in [3.63, 3.8) is 0 Å². The van der Waals surface area contributed by atoms with Crippen molar-refractivity contribution in [3.05, 3.63) is 69.2 Å². The molecule has 0 heterocycles. The molecule has 1 nitrogen and oxygen atoms in total. The second-order valence-electron chi connectivity index (χ2n) is 4.38. The molecule has 0 radical (unpaired) electrons. The number of benzene rings is 2. The summed E-state index contributed by atoms with van der Waals surface area (Å²) in [6, 6.07) is 5.34. The zero-order valence-corrected chi connectivity index (χ0v) is 12.0.